The summed E-state index contributed by atoms with van der Waals surface area (Å²) < 4.78 is 39.2. The third-order valence-electron chi connectivity index (χ3n) is 5.94. The van der Waals surface area contributed by atoms with Crippen LogP contribution in [-0.2, 0) is 10.0 Å². The third kappa shape index (κ3) is 6.44. The number of sulfonamides is 1. The fraction of sp³-hybridized carbons (Fsp3) is 0.0333. The molecular weight excluding hydrogens is 598 g/mol. The largest absolute Gasteiger partial charge is 0.493 e. The molecule has 0 unspecified atom stereocenters. The Balaban J connectivity index is 1.20. The number of methoxy groups -OCH3 is 1. The van der Waals surface area contributed by atoms with Gasteiger partial charge >= 0.3 is 5.97 Å². The van der Waals surface area contributed by atoms with Crippen LogP contribution in [0.1, 0.15) is 25.6 Å². The molecule has 0 spiro atoms. The molecule has 1 heterocycles. The highest BCUT2D eigenvalue weighted by Crippen LogP contribution is 2.37. The van der Waals surface area contributed by atoms with Gasteiger partial charge in [0.05, 0.1) is 23.2 Å². The molecule has 0 saturated carbocycles. The molecule has 0 saturated heterocycles. The van der Waals surface area contributed by atoms with Crippen molar-refractivity contribution < 1.29 is 27.5 Å². The number of halogens is 1. The van der Waals surface area contributed by atoms with Crippen LogP contribution in [0.25, 0.3) is 10.1 Å². The molecule has 0 bridgehead atoms. The quantitative estimate of drug-likeness (QED) is 0.0858. The molecule has 212 valence electrons. The highest BCUT2D eigenvalue weighted by Gasteiger charge is 2.20. The molecule has 0 atom stereocenters. The van der Waals surface area contributed by atoms with Crippen molar-refractivity contribution in [1.82, 2.24) is 5.43 Å². The number of esters is 1. The summed E-state index contributed by atoms with van der Waals surface area (Å²) in [6.45, 7) is 0. The monoisotopic (exact) mass is 619 g/mol. The van der Waals surface area contributed by atoms with E-state index in [1.165, 1.54) is 61.1 Å². The number of amides is 1. The standard InChI is InChI=1S/C30H22ClN3O6S2/c1-39-25-17-19(11-16-24(25)40-30(36)28-27(31)23-9-5-6-10-26(23)41-28)18-32-33-29(35)20-12-14-21(15-13-20)34-42(37,38)22-7-3-2-4-8-22/h2-18,34H,1H3,(H,33,35). The zero-order valence-electron chi connectivity index (χ0n) is 21.9. The van der Waals surface area contributed by atoms with E-state index >= 15 is 0 Å². The molecule has 1 amide bonds. The first-order valence-electron chi connectivity index (χ1n) is 12.3. The molecule has 0 radical (unpaired) electrons. The number of carbonyl (C=O) groups excluding carboxylic acids is 2. The Hall–Kier alpha value is -4.71. The summed E-state index contributed by atoms with van der Waals surface area (Å²) >= 11 is 7.64. The van der Waals surface area contributed by atoms with E-state index in [4.69, 9.17) is 21.1 Å². The van der Waals surface area contributed by atoms with Gasteiger partial charge in [0.15, 0.2) is 11.5 Å². The smallest absolute Gasteiger partial charge is 0.355 e. The number of fused-ring (bicyclic) bond motifs is 1. The van der Waals surface area contributed by atoms with Gasteiger partial charge in [-0.05, 0) is 66.2 Å². The molecule has 5 aromatic rings. The van der Waals surface area contributed by atoms with Crippen LogP contribution in [0.15, 0.2) is 107 Å². The van der Waals surface area contributed by atoms with Crippen molar-refractivity contribution in [2.45, 2.75) is 4.90 Å². The van der Waals surface area contributed by atoms with Crippen LogP contribution in [0.2, 0.25) is 5.02 Å². The number of rotatable bonds is 9. The first kappa shape index (κ1) is 28.8. The third-order valence-corrected chi connectivity index (χ3v) is 9.00. The molecule has 1 aromatic heterocycles. The first-order chi connectivity index (χ1) is 20.2. The van der Waals surface area contributed by atoms with Gasteiger partial charge in [0.2, 0.25) is 0 Å². The summed E-state index contributed by atoms with van der Waals surface area (Å²) in [6.07, 6.45) is 1.40. The molecule has 0 aliphatic carbocycles. The predicted octanol–water partition coefficient (Wildman–Crippen LogP) is 6.35. The van der Waals surface area contributed by atoms with Crippen LogP contribution in [0.3, 0.4) is 0 Å². The number of benzene rings is 4. The van der Waals surface area contributed by atoms with Crippen molar-refractivity contribution in [2.75, 3.05) is 11.8 Å². The van der Waals surface area contributed by atoms with Crippen molar-refractivity contribution in [3.8, 4) is 11.5 Å². The SMILES string of the molecule is COc1cc(C=NNC(=O)c2ccc(NS(=O)(=O)c3ccccc3)cc2)ccc1OC(=O)c1sc2ccccc2c1Cl. The zero-order valence-corrected chi connectivity index (χ0v) is 24.3. The maximum Gasteiger partial charge on any atom is 0.355 e. The number of nitrogens with one attached hydrogen (secondary N) is 2. The number of hydrogen-bond acceptors (Lipinski definition) is 8. The van der Waals surface area contributed by atoms with Gasteiger partial charge in [-0.15, -0.1) is 11.3 Å². The molecule has 0 fully saturated rings. The van der Waals surface area contributed by atoms with Crippen LogP contribution in [-0.4, -0.2) is 33.6 Å². The van der Waals surface area contributed by atoms with E-state index in [0.717, 1.165) is 10.1 Å². The van der Waals surface area contributed by atoms with E-state index in [-0.39, 0.29) is 26.8 Å². The Bertz CT molecular complexity index is 1910. The lowest BCUT2D eigenvalue weighted by molar-refractivity contribution is 0.0734. The van der Waals surface area contributed by atoms with Crippen LogP contribution in [0, 0.1) is 0 Å². The minimum Gasteiger partial charge on any atom is -0.493 e. The van der Waals surface area contributed by atoms with Crippen LogP contribution >= 0.6 is 22.9 Å². The van der Waals surface area contributed by atoms with Crippen LogP contribution in [0.4, 0.5) is 5.69 Å². The fourth-order valence-electron chi connectivity index (χ4n) is 3.87. The summed E-state index contributed by atoms with van der Waals surface area (Å²) in [5, 5.41) is 5.09. The van der Waals surface area contributed by atoms with Gasteiger partial charge in [-0.2, -0.15) is 5.10 Å². The Morgan fingerprint density at radius 2 is 1.62 bits per heavy atom. The number of anilines is 1. The van der Waals surface area contributed by atoms with Crippen LogP contribution < -0.4 is 19.6 Å². The Kier molecular flexibility index (Phi) is 8.53. The molecule has 9 nitrogen and oxygen atoms in total. The topological polar surface area (TPSA) is 123 Å². The molecule has 12 heteroatoms. The lowest BCUT2D eigenvalue weighted by Crippen LogP contribution is -2.18. The number of ether oxygens (including phenoxy) is 2. The number of hydrogen-bond donors (Lipinski definition) is 2. The Morgan fingerprint density at radius 1 is 0.905 bits per heavy atom. The Labute approximate surface area is 250 Å². The second-order valence-corrected chi connectivity index (χ2v) is 11.8. The van der Waals surface area contributed by atoms with E-state index in [0.29, 0.717) is 16.3 Å². The number of thiophene rings is 1. The Morgan fingerprint density at radius 3 is 2.33 bits per heavy atom. The van der Waals surface area contributed by atoms with Crippen molar-refractivity contribution >= 4 is 66.8 Å². The van der Waals surface area contributed by atoms with Gasteiger partial charge in [0.1, 0.15) is 4.88 Å². The normalized spacial score (nSPS) is 11.4. The zero-order chi connectivity index (χ0) is 29.7. The van der Waals surface area contributed by atoms with Gasteiger partial charge < -0.3 is 9.47 Å². The van der Waals surface area contributed by atoms with Crippen molar-refractivity contribution in [1.29, 1.82) is 0 Å². The average Bonchev–Trinajstić information content (AvgIpc) is 3.34. The lowest BCUT2D eigenvalue weighted by atomic mass is 10.2. The maximum atomic E-state index is 12.8. The average molecular weight is 620 g/mol. The van der Waals surface area contributed by atoms with Gasteiger partial charge in [-0.25, -0.2) is 18.6 Å². The van der Waals surface area contributed by atoms with Crippen LogP contribution in [0.5, 0.6) is 11.5 Å². The highest BCUT2D eigenvalue weighted by atomic mass is 35.5. The lowest BCUT2D eigenvalue weighted by Gasteiger charge is -2.09. The number of carbonyl (C=O) groups is 2. The predicted molar refractivity (Wildman–Crippen MR) is 164 cm³/mol. The second kappa shape index (κ2) is 12.4. The van der Waals surface area contributed by atoms with E-state index < -0.39 is 21.9 Å². The minimum atomic E-state index is -3.75. The van der Waals surface area contributed by atoms with E-state index in [1.807, 2.05) is 24.3 Å². The molecule has 42 heavy (non-hydrogen) atoms. The molecule has 0 aliphatic rings. The number of nitrogens with zero attached hydrogens (tertiary/aromatic N) is 1. The van der Waals surface area contributed by atoms with Crippen molar-refractivity contribution in [3.05, 3.63) is 118 Å². The van der Waals surface area contributed by atoms with Gasteiger partial charge in [0.25, 0.3) is 15.9 Å². The summed E-state index contributed by atoms with van der Waals surface area (Å²) in [6, 6.07) is 26.1. The molecular formula is C30H22ClN3O6S2. The molecule has 4 aromatic carbocycles. The van der Waals surface area contributed by atoms with Crippen molar-refractivity contribution in [2.24, 2.45) is 5.10 Å². The molecule has 2 N–H and O–H groups in total. The van der Waals surface area contributed by atoms with Gasteiger partial charge in [-0.3, -0.25) is 9.52 Å². The summed E-state index contributed by atoms with van der Waals surface area (Å²) in [5.74, 6) is -0.627. The highest BCUT2D eigenvalue weighted by molar-refractivity contribution is 7.92. The van der Waals surface area contributed by atoms with Crippen molar-refractivity contribution in [3.63, 3.8) is 0 Å². The van der Waals surface area contributed by atoms with Gasteiger partial charge in [-0.1, -0.05) is 48.0 Å². The first-order valence-corrected chi connectivity index (χ1v) is 15.0. The minimum absolute atomic E-state index is 0.129. The summed E-state index contributed by atoms with van der Waals surface area (Å²) in [5.41, 5.74) is 3.56. The summed E-state index contributed by atoms with van der Waals surface area (Å²) in [7, 11) is -2.31. The second-order valence-electron chi connectivity index (χ2n) is 8.74. The molecule has 5 rings (SSSR count). The number of hydrazone groups is 1. The van der Waals surface area contributed by atoms with Gasteiger partial charge in [0, 0.05) is 21.3 Å². The maximum absolute atomic E-state index is 12.8. The van der Waals surface area contributed by atoms with E-state index in [1.54, 1.807) is 36.4 Å². The summed E-state index contributed by atoms with van der Waals surface area (Å²) in [4.78, 5) is 25.8. The van der Waals surface area contributed by atoms with E-state index in [9.17, 15) is 18.0 Å². The van der Waals surface area contributed by atoms with E-state index in [2.05, 4.69) is 15.2 Å². The fourth-order valence-corrected chi connectivity index (χ4v) is 6.34. The molecule has 0 aliphatic heterocycles.